The van der Waals surface area contributed by atoms with Crippen molar-refractivity contribution in [2.24, 2.45) is 0 Å². The fourth-order valence-electron chi connectivity index (χ4n) is 3.04. The smallest absolute Gasteiger partial charge is 0.244 e. The molecule has 3 aromatic rings. The number of nitrogens with one attached hydrogen (secondary N) is 1. The highest BCUT2D eigenvalue weighted by Crippen LogP contribution is 2.35. The zero-order valence-corrected chi connectivity index (χ0v) is 19.4. The average Bonchev–Trinajstić information content (AvgIpc) is 2.97. The lowest BCUT2D eigenvalue weighted by atomic mass is 10.1. The molecule has 1 heterocycles. The predicted octanol–water partition coefficient (Wildman–Crippen LogP) is 4.45. The van der Waals surface area contributed by atoms with Crippen molar-refractivity contribution in [2.45, 2.75) is 31.8 Å². The molecule has 0 unspecified atom stereocenters. The van der Waals surface area contributed by atoms with Crippen LogP contribution in [0.1, 0.15) is 22.5 Å². The van der Waals surface area contributed by atoms with Crippen molar-refractivity contribution >= 4 is 37.6 Å². The molecule has 154 valence electrons. The lowest BCUT2D eigenvalue weighted by Gasteiger charge is -2.13. The summed E-state index contributed by atoms with van der Waals surface area (Å²) in [5, 5.41) is 4.77. The summed E-state index contributed by atoms with van der Waals surface area (Å²) >= 11 is 9.31. The number of hydrogen-bond donors (Lipinski definition) is 1. The summed E-state index contributed by atoms with van der Waals surface area (Å²) in [4.78, 5) is -0.0156. The highest BCUT2D eigenvalue weighted by atomic mass is 79.9. The number of ether oxygens (including phenoxy) is 1. The molecule has 1 aromatic heterocycles. The first-order valence-corrected chi connectivity index (χ1v) is 11.5. The van der Waals surface area contributed by atoms with Crippen molar-refractivity contribution in [3.8, 4) is 5.75 Å². The van der Waals surface area contributed by atoms with Crippen molar-refractivity contribution in [1.29, 1.82) is 0 Å². The minimum Gasteiger partial charge on any atom is -0.494 e. The van der Waals surface area contributed by atoms with Gasteiger partial charge in [-0.1, -0.05) is 35.9 Å². The monoisotopic (exact) mass is 497 g/mol. The number of benzene rings is 2. The third-order valence-corrected chi connectivity index (χ3v) is 6.58. The number of aromatic nitrogens is 2. The second kappa shape index (κ2) is 8.87. The molecule has 0 amide bonds. The van der Waals surface area contributed by atoms with Gasteiger partial charge in [-0.2, -0.15) is 5.10 Å². The zero-order valence-electron chi connectivity index (χ0n) is 16.2. The second-order valence-corrected chi connectivity index (χ2v) is 9.67. The highest BCUT2D eigenvalue weighted by molar-refractivity contribution is 9.10. The van der Waals surface area contributed by atoms with Gasteiger partial charge in [0, 0.05) is 17.3 Å². The third kappa shape index (κ3) is 5.19. The van der Waals surface area contributed by atoms with E-state index in [1.165, 1.54) is 13.2 Å². The maximum atomic E-state index is 12.8. The Morgan fingerprint density at radius 1 is 1.17 bits per heavy atom. The molecule has 9 heteroatoms. The molecule has 0 saturated carbocycles. The SMILES string of the molecule is COc1c(Br)cc(Cl)cc1S(=O)(=O)NCc1cccc(Cn2nc(C)cc2C)c1. The van der Waals surface area contributed by atoms with Gasteiger partial charge >= 0.3 is 0 Å². The lowest BCUT2D eigenvalue weighted by molar-refractivity contribution is 0.399. The van der Waals surface area contributed by atoms with Crippen LogP contribution in [0.25, 0.3) is 0 Å². The van der Waals surface area contributed by atoms with E-state index >= 15 is 0 Å². The van der Waals surface area contributed by atoms with Gasteiger partial charge in [0.15, 0.2) is 5.75 Å². The predicted molar refractivity (Wildman–Crippen MR) is 117 cm³/mol. The van der Waals surface area contributed by atoms with Crippen molar-refractivity contribution in [1.82, 2.24) is 14.5 Å². The minimum atomic E-state index is -3.83. The quantitative estimate of drug-likeness (QED) is 0.522. The summed E-state index contributed by atoms with van der Waals surface area (Å²) in [6.45, 7) is 4.72. The Labute approximate surface area is 184 Å². The Kier molecular flexibility index (Phi) is 6.68. The molecule has 0 aliphatic rings. The van der Waals surface area contributed by atoms with Gasteiger partial charge in [-0.3, -0.25) is 4.68 Å². The molecule has 2 aromatic carbocycles. The Morgan fingerprint density at radius 3 is 2.55 bits per heavy atom. The number of halogens is 2. The summed E-state index contributed by atoms with van der Waals surface area (Å²) in [6.07, 6.45) is 0. The lowest BCUT2D eigenvalue weighted by Crippen LogP contribution is -2.24. The molecule has 0 bridgehead atoms. The van der Waals surface area contributed by atoms with Gasteiger partial charge in [0.2, 0.25) is 10.0 Å². The molecule has 0 atom stereocenters. The molecule has 0 aliphatic carbocycles. The van der Waals surface area contributed by atoms with Gasteiger partial charge in [-0.05, 0) is 59.1 Å². The molecule has 0 spiro atoms. The molecule has 0 saturated heterocycles. The van der Waals surface area contributed by atoms with Crippen LogP contribution in [0.4, 0.5) is 0 Å². The van der Waals surface area contributed by atoms with Crippen LogP contribution in [0.15, 0.2) is 51.8 Å². The van der Waals surface area contributed by atoms with Gasteiger partial charge in [-0.15, -0.1) is 0 Å². The van der Waals surface area contributed by atoms with Crippen molar-refractivity contribution in [3.63, 3.8) is 0 Å². The number of aryl methyl sites for hydroxylation is 2. The fourth-order valence-corrected chi connectivity index (χ4v) is 5.44. The van der Waals surface area contributed by atoms with Crippen LogP contribution in [-0.4, -0.2) is 25.3 Å². The molecule has 3 rings (SSSR count). The van der Waals surface area contributed by atoms with E-state index in [4.69, 9.17) is 16.3 Å². The van der Waals surface area contributed by atoms with E-state index < -0.39 is 10.0 Å². The van der Waals surface area contributed by atoms with Crippen LogP contribution in [-0.2, 0) is 23.1 Å². The van der Waals surface area contributed by atoms with Gasteiger partial charge in [0.25, 0.3) is 0 Å². The number of nitrogens with zero attached hydrogens (tertiary/aromatic N) is 2. The number of hydrogen-bond acceptors (Lipinski definition) is 4. The van der Waals surface area contributed by atoms with E-state index in [1.54, 1.807) is 6.07 Å². The number of methoxy groups -OCH3 is 1. The van der Waals surface area contributed by atoms with E-state index in [2.05, 4.69) is 25.8 Å². The summed E-state index contributed by atoms with van der Waals surface area (Å²) in [7, 11) is -2.42. The molecule has 0 fully saturated rings. The van der Waals surface area contributed by atoms with Gasteiger partial charge in [-0.25, -0.2) is 13.1 Å². The van der Waals surface area contributed by atoms with Gasteiger partial charge in [0.1, 0.15) is 4.90 Å². The molecule has 0 aliphatic heterocycles. The molecular formula is C20H21BrClN3O3S. The number of rotatable bonds is 7. The van der Waals surface area contributed by atoms with Crippen molar-refractivity contribution < 1.29 is 13.2 Å². The first-order chi connectivity index (χ1) is 13.7. The van der Waals surface area contributed by atoms with E-state index in [0.29, 0.717) is 16.0 Å². The summed E-state index contributed by atoms with van der Waals surface area (Å²) in [5.41, 5.74) is 3.92. The zero-order chi connectivity index (χ0) is 21.2. The van der Waals surface area contributed by atoms with Crippen LogP contribution < -0.4 is 9.46 Å². The first kappa shape index (κ1) is 21.8. The first-order valence-electron chi connectivity index (χ1n) is 8.81. The molecular weight excluding hydrogens is 478 g/mol. The maximum absolute atomic E-state index is 12.8. The van der Waals surface area contributed by atoms with E-state index in [9.17, 15) is 8.42 Å². The van der Waals surface area contributed by atoms with Crippen LogP contribution in [0.2, 0.25) is 5.02 Å². The Balaban J connectivity index is 1.79. The summed E-state index contributed by atoms with van der Waals surface area (Å²) in [5.74, 6) is 0.208. The standard InChI is InChI=1S/C20H21BrClN3O3S/c1-13-7-14(2)25(24-13)12-16-6-4-5-15(8-16)11-23-29(26,27)19-10-17(22)9-18(21)20(19)28-3/h4-10,23H,11-12H2,1-3H3. The maximum Gasteiger partial charge on any atom is 0.244 e. The van der Waals surface area contributed by atoms with Crippen LogP contribution in [0, 0.1) is 13.8 Å². The highest BCUT2D eigenvalue weighted by Gasteiger charge is 2.22. The minimum absolute atomic E-state index is 0.0156. The van der Waals surface area contributed by atoms with E-state index in [-0.39, 0.29) is 17.2 Å². The van der Waals surface area contributed by atoms with E-state index in [0.717, 1.165) is 22.5 Å². The Morgan fingerprint density at radius 2 is 1.90 bits per heavy atom. The Hall–Kier alpha value is -1.87. The fraction of sp³-hybridized carbons (Fsp3) is 0.250. The van der Waals surface area contributed by atoms with Crippen LogP contribution in [0.3, 0.4) is 0 Å². The second-order valence-electron chi connectivity index (χ2n) is 6.65. The third-order valence-electron chi connectivity index (χ3n) is 4.36. The summed E-state index contributed by atoms with van der Waals surface area (Å²) < 4.78 is 35.9. The molecule has 29 heavy (non-hydrogen) atoms. The van der Waals surface area contributed by atoms with Crippen molar-refractivity contribution in [2.75, 3.05) is 7.11 Å². The van der Waals surface area contributed by atoms with E-state index in [1.807, 2.05) is 48.9 Å². The van der Waals surface area contributed by atoms with Gasteiger partial charge in [0.05, 0.1) is 23.8 Å². The Bertz CT molecular complexity index is 1150. The summed E-state index contributed by atoms with van der Waals surface area (Å²) in [6, 6.07) is 12.7. The van der Waals surface area contributed by atoms with Crippen molar-refractivity contribution in [3.05, 3.63) is 74.5 Å². The van der Waals surface area contributed by atoms with Gasteiger partial charge < -0.3 is 4.74 Å². The van der Waals surface area contributed by atoms with Crippen LogP contribution >= 0.6 is 27.5 Å². The number of sulfonamides is 1. The molecule has 6 nitrogen and oxygen atoms in total. The normalized spacial score (nSPS) is 11.6. The average molecular weight is 499 g/mol. The van der Waals surface area contributed by atoms with Crippen LogP contribution in [0.5, 0.6) is 5.75 Å². The largest absolute Gasteiger partial charge is 0.494 e. The molecule has 1 N–H and O–H groups in total. The molecule has 0 radical (unpaired) electrons. The topological polar surface area (TPSA) is 73.2 Å².